The van der Waals surface area contributed by atoms with Gasteiger partial charge in [0.25, 0.3) is 5.91 Å². The Kier molecular flexibility index (Phi) is 5.41. The van der Waals surface area contributed by atoms with E-state index < -0.39 is 12.0 Å². The predicted octanol–water partition coefficient (Wildman–Crippen LogP) is 2.64. The maximum Gasteiger partial charge on any atom is 0.280 e. The van der Waals surface area contributed by atoms with Gasteiger partial charge in [-0.15, -0.1) is 0 Å². The third-order valence-electron chi connectivity index (χ3n) is 2.80. The van der Waals surface area contributed by atoms with Crippen LogP contribution < -0.4 is 10.2 Å². The van der Waals surface area contributed by atoms with E-state index in [0.29, 0.717) is 15.8 Å². The minimum Gasteiger partial charge on any atom is -0.479 e. The van der Waals surface area contributed by atoms with Gasteiger partial charge in [0.2, 0.25) is 0 Å². The number of aryl methyl sites for hydroxylation is 1. The molecule has 8 heteroatoms. The maximum atomic E-state index is 11.9. The molecule has 0 saturated heterocycles. The first-order chi connectivity index (χ1) is 10.5. The van der Waals surface area contributed by atoms with Crippen LogP contribution in [0, 0.1) is 0 Å². The molecule has 2 aromatic rings. The van der Waals surface area contributed by atoms with Gasteiger partial charge < -0.3 is 4.74 Å². The molecule has 0 aliphatic heterocycles. The molecule has 1 aromatic heterocycles. The van der Waals surface area contributed by atoms with Crippen molar-refractivity contribution in [3.8, 4) is 5.75 Å². The van der Waals surface area contributed by atoms with E-state index in [-0.39, 0.29) is 0 Å². The fraction of sp³-hybridized carbons (Fsp3) is 0.214. The van der Waals surface area contributed by atoms with Gasteiger partial charge in [-0.05, 0) is 25.1 Å². The van der Waals surface area contributed by atoms with Crippen molar-refractivity contribution >= 4 is 35.3 Å². The number of hydrogen-bond acceptors (Lipinski definition) is 4. The molecule has 1 heterocycles. The van der Waals surface area contributed by atoms with Gasteiger partial charge in [0.05, 0.1) is 16.9 Å². The smallest absolute Gasteiger partial charge is 0.280 e. The number of hydrazone groups is 1. The van der Waals surface area contributed by atoms with Crippen molar-refractivity contribution in [1.82, 2.24) is 15.2 Å². The Morgan fingerprint density at radius 2 is 2.23 bits per heavy atom. The summed E-state index contributed by atoms with van der Waals surface area (Å²) >= 11 is 11.8. The number of rotatable bonds is 5. The maximum absolute atomic E-state index is 11.9. The third kappa shape index (κ3) is 4.22. The van der Waals surface area contributed by atoms with Gasteiger partial charge in [0.1, 0.15) is 5.75 Å². The molecule has 2 rings (SSSR count). The highest BCUT2D eigenvalue weighted by Gasteiger charge is 2.15. The van der Waals surface area contributed by atoms with Crippen LogP contribution in [-0.4, -0.2) is 28.0 Å². The zero-order valence-corrected chi connectivity index (χ0v) is 13.5. The Balaban J connectivity index is 1.93. The lowest BCUT2D eigenvalue weighted by Crippen LogP contribution is -2.33. The van der Waals surface area contributed by atoms with Crippen molar-refractivity contribution < 1.29 is 9.53 Å². The molecule has 1 amide bonds. The summed E-state index contributed by atoms with van der Waals surface area (Å²) in [4.78, 5) is 11.9. The zero-order chi connectivity index (χ0) is 16.1. The van der Waals surface area contributed by atoms with Crippen LogP contribution >= 0.6 is 23.2 Å². The van der Waals surface area contributed by atoms with Crippen LogP contribution in [0.15, 0.2) is 35.6 Å². The topological polar surface area (TPSA) is 68.5 Å². The van der Waals surface area contributed by atoms with Crippen LogP contribution in [0.5, 0.6) is 5.75 Å². The molecule has 1 aromatic carbocycles. The lowest BCUT2D eigenvalue weighted by molar-refractivity contribution is -0.127. The highest BCUT2D eigenvalue weighted by Crippen LogP contribution is 2.28. The molecule has 0 bridgehead atoms. The number of nitrogens with zero attached hydrogens (tertiary/aromatic N) is 3. The van der Waals surface area contributed by atoms with Crippen molar-refractivity contribution in [2.24, 2.45) is 12.1 Å². The van der Waals surface area contributed by atoms with Crippen molar-refractivity contribution in [2.75, 3.05) is 0 Å². The first kappa shape index (κ1) is 16.3. The number of ether oxygens (including phenoxy) is 1. The second kappa shape index (κ2) is 7.29. The lowest BCUT2D eigenvalue weighted by Gasteiger charge is -2.14. The lowest BCUT2D eigenvalue weighted by atomic mass is 10.3. The molecule has 6 nitrogen and oxygen atoms in total. The van der Waals surface area contributed by atoms with Gasteiger partial charge >= 0.3 is 0 Å². The van der Waals surface area contributed by atoms with Crippen molar-refractivity contribution in [3.63, 3.8) is 0 Å². The van der Waals surface area contributed by atoms with E-state index in [1.54, 1.807) is 49.1 Å². The first-order valence-corrected chi connectivity index (χ1v) is 7.15. The van der Waals surface area contributed by atoms with E-state index in [0.717, 1.165) is 5.69 Å². The summed E-state index contributed by atoms with van der Waals surface area (Å²) in [6.07, 6.45) is 2.35. The number of aromatic nitrogens is 2. The fourth-order valence-corrected chi connectivity index (χ4v) is 1.90. The molecule has 1 N–H and O–H groups in total. The number of benzene rings is 1. The highest BCUT2D eigenvalue weighted by molar-refractivity contribution is 6.34. The molecule has 0 aliphatic carbocycles. The standard InChI is InChI=1S/C14H14Cl2N4O2/c1-9(22-13-7-10(15)3-4-12(13)16)14(21)19-17-8-11-5-6-18-20(11)2/h3-9H,1-2H3,(H,19,21)/b17-8+. The van der Waals surface area contributed by atoms with Crippen molar-refractivity contribution in [3.05, 3.63) is 46.2 Å². The minimum absolute atomic E-state index is 0.340. The second-order valence-corrected chi connectivity index (χ2v) is 5.29. The Morgan fingerprint density at radius 1 is 1.45 bits per heavy atom. The molecular weight excluding hydrogens is 327 g/mol. The van der Waals surface area contributed by atoms with Crippen LogP contribution in [0.3, 0.4) is 0 Å². The van der Waals surface area contributed by atoms with Gasteiger partial charge in [0.15, 0.2) is 6.10 Å². The molecule has 0 spiro atoms. The minimum atomic E-state index is -0.778. The van der Waals surface area contributed by atoms with E-state index in [1.165, 1.54) is 6.21 Å². The van der Waals surface area contributed by atoms with Crippen molar-refractivity contribution in [1.29, 1.82) is 0 Å². The summed E-state index contributed by atoms with van der Waals surface area (Å²) in [5.41, 5.74) is 3.15. The monoisotopic (exact) mass is 340 g/mol. The summed E-state index contributed by atoms with van der Waals surface area (Å²) in [5, 5.41) is 8.69. The summed E-state index contributed by atoms with van der Waals surface area (Å²) in [6, 6.07) is 6.55. The van der Waals surface area contributed by atoms with E-state index in [4.69, 9.17) is 27.9 Å². The average Bonchev–Trinajstić information content (AvgIpc) is 2.88. The molecule has 0 fully saturated rings. The molecule has 22 heavy (non-hydrogen) atoms. The molecule has 1 atom stereocenters. The van der Waals surface area contributed by atoms with Crippen molar-refractivity contribution in [2.45, 2.75) is 13.0 Å². The normalized spacial score (nSPS) is 12.4. The number of carbonyl (C=O) groups excluding carboxylic acids is 1. The summed E-state index contributed by atoms with van der Waals surface area (Å²) in [7, 11) is 1.77. The predicted molar refractivity (Wildman–Crippen MR) is 85.5 cm³/mol. The SMILES string of the molecule is CC(Oc1cc(Cl)ccc1Cl)C(=O)N/N=C/c1ccnn1C. The summed E-state index contributed by atoms with van der Waals surface area (Å²) < 4.78 is 7.11. The van der Waals surface area contributed by atoms with Gasteiger partial charge in [-0.1, -0.05) is 23.2 Å². The fourth-order valence-electron chi connectivity index (χ4n) is 1.58. The van der Waals surface area contributed by atoms with Gasteiger partial charge in [-0.3, -0.25) is 9.48 Å². The molecule has 0 saturated carbocycles. The number of halogens is 2. The van der Waals surface area contributed by atoms with E-state index in [2.05, 4.69) is 15.6 Å². The number of hydrogen-bond donors (Lipinski definition) is 1. The molecule has 1 unspecified atom stereocenters. The summed E-state index contributed by atoms with van der Waals surface area (Å²) in [6.45, 7) is 1.59. The van der Waals surface area contributed by atoms with Crippen LogP contribution in [0.4, 0.5) is 0 Å². The number of amides is 1. The Labute approximate surface area is 137 Å². The van der Waals surface area contributed by atoms with Gasteiger partial charge in [-0.25, -0.2) is 5.43 Å². The molecular formula is C14H14Cl2N4O2. The van der Waals surface area contributed by atoms with E-state index in [1.807, 2.05) is 0 Å². The van der Waals surface area contributed by atoms with E-state index in [9.17, 15) is 4.79 Å². The van der Waals surface area contributed by atoms with Crippen LogP contribution in [0.1, 0.15) is 12.6 Å². The molecule has 0 aliphatic rings. The van der Waals surface area contributed by atoms with Crippen LogP contribution in [0.2, 0.25) is 10.0 Å². The van der Waals surface area contributed by atoms with E-state index >= 15 is 0 Å². The zero-order valence-electron chi connectivity index (χ0n) is 12.0. The Hall–Kier alpha value is -2.05. The van der Waals surface area contributed by atoms with Gasteiger partial charge in [-0.2, -0.15) is 10.2 Å². The largest absolute Gasteiger partial charge is 0.479 e. The Bertz CT molecular complexity index is 700. The van der Waals surface area contributed by atoms with Crippen LogP contribution in [-0.2, 0) is 11.8 Å². The summed E-state index contributed by atoms with van der Waals surface area (Å²) in [5.74, 6) is -0.0677. The number of carbonyl (C=O) groups is 1. The molecule has 0 radical (unpaired) electrons. The van der Waals surface area contributed by atoms with Crippen LogP contribution in [0.25, 0.3) is 0 Å². The quantitative estimate of drug-likeness (QED) is 0.671. The second-order valence-electron chi connectivity index (χ2n) is 4.45. The molecule has 116 valence electrons. The highest BCUT2D eigenvalue weighted by atomic mass is 35.5. The average molecular weight is 341 g/mol. The Morgan fingerprint density at radius 3 is 2.91 bits per heavy atom. The third-order valence-corrected chi connectivity index (χ3v) is 3.34. The number of nitrogens with one attached hydrogen (secondary N) is 1. The first-order valence-electron chi connectivity index (χ1n) is 6.40. The van der Waals surface area contributed by atoms with Gasteiger partial charge in [0, 0.05) is 24.3 Å².